The fourth-order valence-electron chi connectivity index (χ4n) is 3.36. The summed E-state index contributed by atoms with van der Waals surface area (Å²) in [5.74, 6) is -1.42. The van der Waals surface area contributed by atoms with Crippen LogP contribution < -0.4 is 5.32 Å². The van der Waals surface area contributed by atoms with Crippen molar-refractivity contribution in [2.75, 3.05) is 6.54 Å². The molecule has 3 rings (SSSR count). The average Bonchev–Trinajstić information content (AvgIpc) is 3.02. The number of fused-ring (bicyclic) bond motifs is 1. The number of aromatic amines is 1. The van der Waals surface area contributed by atoms with Gasteiger partial charge in [-0.3, -0.25) is 24.8 Å². The number of carbonyl (C=O) groups is 2. The Morgan fingerprint density at radius 2 is 2.07 bits per heavy atom. The number of piperidine rings is 1. The number of nitro groups is 1. The summed E-state index contributed by atoms with van der Waals surface area (Å²) in [6.07, 6.45) is -4.96. The number of hydrogen-bond acceptors (Lipinski definition) is 5. The summed E-state index contributed by atoms with van der Waals surface area (Å²) in [5.41, 5.74) is -0.366. The molecule has 0 spiro atoms. The second-order valence-electron chi connectivity index (χ2n) is 6.55. The van der Waals surface area contributed by atoms with Crippen LogP contribution in [0.3, 0.4) is 0 Å². The Morgan fingerprint density at radius 1 is 1.36 bits per heavy atom. The quantitative estimate of drug-likeness (QED) is 0.605. The van der Waals surface area contributed by atoms with Gasteiger partial charge in [0.15, 0.2) is 5.69 Å². The number of nitrogens with one attached hydrogen (secondary N) is 2. The topological polar surface area (TPSA) is 121 Å². The normalized spacial score (nSPS) is 20.2. The van der Waals surface area contributed by atoms with Gasteiger partial charge in [-0.15, -0.1) is 0 Å². The van der Waals surface area contributed by atoms with Crippen molar-refractivity contribution in [3.05, 3.63) is 34.0 Å². The molecule has 2 amide bonds. The van der Waals surface area contributed by atoms with E-state index in [1.165, 1.54) is 19.1 Å². The van der Waals surface area contributed by atoms with E-state index in [-0.39, 0.29) is 41.7 Å². The molecule has 1 fully saturated rings. The van der Waals surface area contributed by atoms with Gasteiger partial charge in [0.2, 0.25) is 5.91 Å². The molecular weight excluding hydrogens is 383 g/mol. The first-order valence-corrected chi connectivity index (χ1v) is 8.35. The van der Waals surface area contributed by atoms with Gasteiger partial charge in [0.25, 0.3) is 11.6 Å². The van der Waals surface area contributed by atoms with Crippen molar-refractivity contribution in [1.29, 1.82) is 0 Å². The highest BCUT2D eigenvalue weighted by Crippen LogP contribution is 2.34. The molecule has 28 heavy (non-hydrogen) atoms. The molecule has 2 atom stereocenters. The second-order valence-corrected chi connectivity index (χ2v) is 6.55. The number of rotatable bonds is 3. The Hall–Kier alpha value is -3.18. The number of nitrogens with zero attached hydrogens (tertiary/aromatic N) is 3. The first-order chi connectivity index (χ1) is 13.1. The van der Waals surface area contributed by atoms with E-state index >= 15 is 0 Å². The molecule has 0 saturated carbocycles. The molecule has 12 heteroatoms. The molecule has 2 N–H and O–H groups in total. The summed E-state index contributed by atoms with van der Waals surface area (Å²) in [5, 5.41) is 19.8. The van der Waals surface area contributed by atoms with Gasteiger partial charge in [0.1, 0.15) is 6.04 Å². The zero-order chi connectivity index (χ0) is 20.6. The number of carbonyl (C=O) groups excluding carboxylic acids is 2. The summed E-state index contributed by atoms with van der Waals surface area (Å²) in [6.45, 7) is 0.897. The molecule has 0 aliphatic carbocycles. The number of hydrogen-bond donors (Lipinski definition) is 2. The van der Waals surface area contributed by atoms with Crippen molar-refractivity contribution >= 4 is 28.4 Å². The molecule has 1 aromatic heterocycles. The van der Waals surface area contributed by atoms with Gasteiger partial charge < -0.3 is 10.2 Å². The molecule has 9 nitrogen and oxygen atoms in total. The summed E-state index contributed by atoms with van der Waals surface area (Å²) in [7, 11) is 0. The van der Waals surface area contributed by atoms with Gasteiger partial charge in [0, 0.05) is 37.0 Å². The predicted octanol–water partition coefficient (Wildman–Crippen LogP) is 2.14. The Balaban J connectivity index is 1.99. The summed E-state index contributed by atoms with van der Waals surface area (Å²) in [6, 6.07) is 0.953. The van der Waals surface area contributed by atoms with Crippen molar-refractivity contribution in [2.24, 2.45) is 0 Å². The number of likely N-dealkylation sites (tertiary alicyclic amines) is 1. The third-order valence-electron chi connectivity index (χ3n) is 4.59. The maximum atomic E-state index is 13.5. The molecule has 1 aromatic carbocycles. The minimum absolute atomic E-state index is 0.0572. The molecule has 1 aliphatic heterocycles. The van der Waals surface area contributed by atoms with Crippen LogP contribution in [0.4, 0.5) is 18.9 Å². The van der Waals surface area contributed by atoms with Crippen molar-refractivity contribution in [1.82, 2.24) is 20.4 Å². The number of H-pyrrole nitrogens is 1. The Morgan fingerprint density at radius 3 is 2.68 bits per heavy atom. The summed E-state index contributed by atoms with van der Waals surface area (Å²) in [4.78, 5) is 35.1. The molecule has 0 bridgehead atoms. The zero-order valence-corrected chi connectivity index (χ0v) is 14.6. The molecular formula is C16H16F3N5O4. The van der Waals surface area contributed by atoms with E-state index in [4.69, 9.17) is 0 Å². The van der Waals surface area contributed by atoms with E-state index in [1.54, 1.807) is 0 Å². The lowest BCUT2D eigenvalue weighted by molar-refractivity contribution is -0.384. The van der Waals surface area contributed by atoms with E-state index < -0.39 is 35.0 Å². The van der Waals surface area contributed by atoms with Crippen LogP contribution in [0.15, 0.2) is 18.2 Å². The van der Waals surface area contributed by atoms with Crippen LogP contribution in [0.5, 0.6) is 0 Å². The molecule has 1 saturated heterocycles. The minimum Gasteiger partial charge on any atom is -0.352 e. The number of benzene rings is 1. The van der Waals surface area contributed by atoms with Crippen LogP contribution in [-0.2, 0) is 4.79 Å². The first-order valence-electron chi connectivity index (χ1n) is 8.35. The van der Waals surface area contributed by atoms with E-state index in [1.807, 2.05) is 0 Å². The maximum absolute atomic E-state index is 13.5. The van der Waals surface area contributed by atoms with E-state index in [0.29, 0.717) is 4.90 Å². The number of halogens is 3. The van der Waals surface area contributed by atoms with Crippen molar-refractivity contribution in [3.63, 3.8) is 0 Å². The van der Waals surface area contributed by atoms with Crippen LogP contribution >= 0.6 is 0 Å². The van der Waals surface area contributed by atoms with Crippen molar-refractivity contribution in [2.45, 2.75) is 38.0 Å². The number of nitro benzene ring substituents is 1. The first kappa shape index (κ1) is 19.6. The predicted molar refractivity (Wildman–Crippen MR) is 90.5 cm³/mol. The van der Waals surface area contributed by atoms with Gasteiger partial charge in [0.05, 0.1) is 10.4 Å². The fraction of sp³-hybridized carbons (Fsp3) is 0.438. The Labute approximate surface area is 156 Å². The van der Waals surface area contributed by atoms with Crippen LogP contribution in [0.1, 0.15) is 30.3 Å². The van der Waals surface area contributed by atoms with Gasteiger partial charge in [-0.1, -0.05) is 0 Å². The molecule has 0 radical (unpaired) electrons. The van der Waals surface area contributed by atoms with Gasteiger partial charge in [-0.05, 0) is 18.9 Å². The Kier molecular flexibility index (Phi) is 4.96. The third kappa shape index (κ3) is 3.75. The third-order valence-corrected chi connectivity index (χ3v) is 4.59. The smallest absolute Gasteiger partial charge is 0.352 e. The molecule has 150 valence electrons. The molecule has 1 aliphatic rings. The lowest BCUT2D eigenvalue weighted by Gasteiger charge is -2.40. The van der Waals surface area contributed by atoms with Gasteiger partial charge >= 0.3 is 6.18 Å². The second kappa shape index (κ2) is 7.09. The van der Waals surface area contributed by atoms with Crippen LogP contribution in [0.2, 0.25) is 0 Å². The van der Waals surface area contributed by atoms with Crippen molar-refractivity contribution in [3.8, 4) is 0 Å². The van der Waals surface area contributed by atoms with E-state index in [2.05, 4.69) is 15.5 Å². The van der Waals surface area contributed by atoms with Crippen LogP contribution in [0.25, 0.3) is 10.9 Å². The van der Waals surface area contributed by atoms with E-state index in [9.17, 15) is 32.9 Å². The Bertz CT molecular complexity index is 942. The summed E-state index contributed by atoms with van der Waals surface area (Å²) >= 11 is 0. The largest absolute Gasteiger partial charge is 0.408 e. The maximum Gasteiger partial charge on any atom is 0.408 e. The van der Waals surface area contributed by atoms with Gasteiger partial charge in [-0.25, -0.2) is 0 Å². The van der Waals surface area contributed by atoms with Gasteiger partial charge in [-0.2, -0.15) is 18.3 Å². The molecule has 2 aromatic rings. The van der Waals surface area contributed by atoms with E-state index in [0.717, 1.165) is 6.07 Å². The monoisotopic (exact) mass is 399 g/mol. The number of alkyl halides is 3. The lowest BCUT2D eigenvalue weighted by Crippen LogP contribution is -2.58. The zero-order valence-electron chi connectivity index (χ0n) is 14.6. The van der Waals surface area contributed by atoms with Crippen LogP contribution in [0, 0.1) is 10.1 Å². The van der Waals surface area contributed by atoms with Crippen molar-refractivity contribution < 1.29 is 27.7 Å². The molecule has 0 unspecified atom stereocenters. The number of aromatic nitrogens is 2. The fourth-order valence-corrected chi connectivity index (χ4v) is 3.36. The highest BCUT2D eigenvalue weighted by Gasteiger charge is 2.48. The minimum atomic E-state index is -4.66. The number of amides is 2. The SMILES string of the molecule is CC(=O)N[C@H]1CC[C@@H](C(F)(F)F)N(C(=O)c2n[nH]c3ccc([N+](=O)[O-])cc23)C1. The van der Waals surface area contributed by atoms with Crippen LogP contribution in [-0.4, -0.2) is 56.6 Å². The molecule has 2 heterocycles. The highest BCUT2D eigenvalue weighted by molar-refractivity contribution is 6.05. The average molecular weight is 399 g/mol. The lowest BCUT2D eigenvalue weighted by atomic mass is 9.96. The highest BCUT2D eigenvalue weighted by atomic mass is 19.4. The number of non-ortho nitro benzene ring substituents is 1. The summed E-state index contributed by atoms with van der Waals surface area (Å²) < 4.78 is 40.4. The standard InChI is InChI=1S/C16H16F3N5O4/c1-8(25)20-9-2-5-13(16(17,18)19)23(7-9)15(26)14-11-6-10(24(27)28)3-4-12(11)21-22-14/h3-4,6,9,13H,2,5,7H2,1H3,(H,20,25)(H,21,22)/t9-,13-/m0/s1.